The number of halogens is 3. The van der Waals surface area contributed by atoms with Crippen molar-refractivity contribution in [3.63, 3.8) is 0 Å². The molecule has 0 heterocycles. The molecule has 1 aromatic carbocycles. The van der Waals surface area contributed by atoms with Crippen LogP contribution in [0.4, 0.5) is 23.7 Å². The summed E-state index contributed by atoms with van der Waals surface area (Å²) in [6.45, 7) is -0.223. The Morgan fingerprint density at radius 3 is 2.50 bits per heavy atom. The quantitative estimate of drug-likeness (QED) is 0.610. The van der Waals surface area contributed by atoms with Crippen LogP contribution >= 0.6 is 0 Å². The maximum Gasteiger partial charge on any atom is 0.332 e. The molecule has 1 aromatic rings. The molecule has 0 aliphatic carbocycles. The van der Waals surface area contributed by atoms with Crippen molar-refractivity contribution in [2.75, 3.05) is 11.9 Å². The van der Waals surface area contributed by atoms with Crippen LogP contribution in [0.15, 0.2) is 12.1 Å². The molecule has 0 fully saturated rings. The Hall–Kier alpha value is -2.29. The van der Waals surface area contributed by atoms with E-state index in [1.807, 2.05) is 5.32 Å². The lowest BCUT2D eigenvalue weighted by Crippen LogP contribution is -2.33. The fraction of sp³-hybridized carbons (Fsp3) is 0.273. The summed E-state index contributed by atoms with van der Waals surface area (Å²) in [5.41, 5.74) is -0.696. The third kappa shape index (κ3) is 4.43. The van der Waals surface area contributed by atoms with Gasteiger partial charge in [0.1, 0.15) is 5.82 Å². The Morgan fingerprint density at radius 1 is 1.25 bits per heavy atom. The van der Waals surface area contributed by atoms with Crippen molar-refractivity contribution in [2.24, 2.45) is 0 Å². The Labute approximate surface area is 111 Å². The maximum absolute atomic E-state index is 13.2. The average Bonchev–Trinajstić information content (AvgIpc) is 2.35. The van der Waals surface area contributed by atoms with Crippen LogP contribution in [0.3, 0.4) is 0 Å². The van der Waals surface area contributed by atoms with Crippen LogP contribution in [-0.4, -0.2) is 34.9 Å². The highest BCUT2D eigenvalue weighted by Crippen LogP contribution is 2.18. The van der Waals surface area contributed by atoms with Gasteiger partial charge >= 0.3 is 12.0 Å². The van der Waals surface area contributed by atoms with Crippen LogP contribution in [0, 0.1) is 17.5 Å². The second-order valence-corrected chi connectivity index (χ2v) is 3.77. The van der Waals surface area contributed by atoms with E-state index in [0.29, 0.717) is 12.1 Å². The van der Waals surface area contributed by atoms with Gasteiger partial charge < -0.3 is 20.8 Å². The topological polar surface area (TPSA) is 98.7 Å². The van der Waals surface area contributed by atoms with Gasteiger partial charge in [-0.3, -0.25) is 0 Å². The van der Waals surface area contributed by atoms with Crippen molar-refractivity contribution in [1.29, 1.82) is 0 Å². The number of rotatable bonds is 5. The van der Waals surface area contributed by atoms with E-state index >= 15 is 0 Å². The highest BCUT2D eigenvalue weighted by molar-refractivity contribution is 5.89. The van der Waals surface area contributed by atoms with Crippen molar-refractivity contribution in [3.05, 3.63) is 29.6 Å². The minimum Gasteiger partial charge on any atom is -0.479 e. The Bertz CT molecular complexity index is 525. The highest BCUT2D eigenvalue weighted by atomic mass is 19.2. The molecule has 0 radical (unpaired) electrons. The molecule has 0 aliphatic rings. The van der Waals surface area contributed by atoms with Gasteiger partial charge in [-0.05, 0) is 0 Å². The predicted molar refractivity (Wildman–Crippen MR) is 61.6 cm³/mol. The first-order valence-corrected chi connectivity index (χ1v) is 5.41. The third-order valence-corrected chi connectivity index (χ3v) is 2.23. The summed E-state index contributed by atoms with van der Waals surface area (Å²) in [6, 6.07) is -0.0855. The molecule has 20 heavy (non-hydrogen) atoms. The molecule has 1 atom stereocenters. The van der Waals surface area contributed by atoms with E-state index in [4.69, 9.17) is 10.2 Å². The average molecular weight is 292 g/mol. The monoisotopic (exact) mass is 292 g/mol. The number of anilines is 1. The largest absolute Gasteiger partial charge is 0.479 e. The lowest BCUT2D eigenvalue weighted by Gasteiger charge is -2.10. The van der Waals surface area contributed by atoms with Gasteiger partial charge in [-0.15, -0.1) is 0 Å². The first-order chi connectivity index (χ1) is 9.31. The zero-order chi connectivity index (χ0) is 15.3. The number of benzene rings is 1. The summed E-state index contributed by atoms with van der Waals surface area (Å²) in [5, 5.41) is 21.2. The molecule has 6 nitrogen and oxygen atoms in total. The van der Waals surface area contributed by atoms with Crippen molar-refractivity contribution in [1.82, 2.24) is 5.32 Å². The molecular weight excluding hydrogens is 281 g/mol. The number of hydrogen-bond acceptors (Lipinski definition) is 3. The van der Waals surface area contributed by atoms with Gasteiger partial charge in [0.25, 0.3) is 0 Å². The van der Waals surface area contributed by atoms with Gasteiger partial charge in [0.2, 0.25) is 0 Å². The van der Waals surface area contributed by atoms with E-state index in [1.165, 1.54) is 0 Å². The molecule has 4 N–H and O–H groups in total. The normalized spacial score (nSPS) is 11.8. The Balaban J connectivity index is 2.53. The van der Waals surface area contributed by atoms with Crippen LogP contribution < -0.4 is 10.6 Å². The van der Waals surface area contributed by atoms with Crippen LogP contribution in [0.1, 0.15) is 6.42 Å². The molecule has 0 spiro atoms. The Morgan fingerprint density at radius 2 is 1.90 bits per heavy atom. The van der Waals surface area contributed by atoms with Gasteiger partial charge in [-0.1, -0.05) is 0 Å². The molecule has 9 heteroatoms. The molecule has 0 saturated carbocycles. The minimum absolute atomic E-state index is 0.223. The first-order valence-electron chi connectivity index (χ1n) is 5.41. The molecular formula is C11H11F3N2O4. The van der Waals surface area contributed by atoms with Crippen molar-refractivity contribution in [2.45, 2.75) is 12.5 Å². The molecule has 0 saturated heterocycles. The molecule has 0 aromatic heterocycles. The Kier molecular flexibility index (Phi) is 5.32. The van der Waals surface area contributed by atoms with Gasteiger partial charge in [-0.25, -0.2) is 22.8 Å². The highest BCUT2D eigenvalue weighted by Gasteiger charge is 2.15. The van der Waals surface area contributed by atoms with E-state index < -0.39 is 41.2 Å². The fourth-order valence-corrected chi connectivity index (χ4v) is 1.26. The number of aliphatic carboxylic acids is 1. The van der Waals surface area contributed by atoms with E-state index in [0.717, 1.165) is 0 Å². The van der Waals surface area contributed by atoms with E-state index in [1.54, 1.807) is 0 Å². The molecule has 110 valence electrons. The van der Waals surface area contributed by atoms with E-state index in [9.17, 15) is 22.8 Å². The summed E-state index contributed by atoms with van der Waals surface area (Å²) < 4.78 is 38.9. The summed E-state index contributed by atoms with van der Waals surface area (Å²) in [5.74, 6) is -5.40. The van der Waals surface area contributed by atoms with Gasteiger partial charge in [-0.2, -0.15) is 0 Å². The number of aliphatic hydroxyl groups is 1. The number of nitrogens with one attached hydrogen (secondary N) is 2. The summed E-state index contributed by atoms with van der Waals surface area (Å²) in [6.07, 6.45) is -1.93. The lowest BCUT2D eigenvalue weighted by atomic mass is 10.2. The lowest BCUT2D eigenvalue weighted by molar-refractivity contribution is -0.146. The second kappa shape index (κ2) is 6.75. The minimum atomic E-state index is -1.65. The van der Waals surface area contributed by atoms with E-state index in [2.05, 4.69) is 5.32 Å². The third-order valence-electron chi connectivity index (χ3n) is 2.23. The van der Waals surface area contributed by atoms with Crippen molar-refractivity contribution >= 4 is 17.7 Å². The predicted octanol–water partition coefficient (Wildman–Crippen LogP) is 1.06. The first kappa shape index (κ1) is 15.8. The second-order valence-electron chi connectivity index (χ2n) is 3.77. The molecule has 2 amide bonds. The van der Waals surface area contributed by atoms with Gasteiger partial charge in [0.05, 0.1) is 5.69 Å². The zero-order valence-corrected chi connectivity index (χ0v) is 9.99. The van der Waals surface area contributed by atoms with Crippen LogP contribution in [0.2, 0.25) is 0 Å². The smallest absolute Gasteiger partial charge is 0.332 e. The summed E-state index contributed by atoms with van der Waals surface area (Å²) in [7, 11) is 0. The number of carboxylic acid groups (broad SMARTS) is 1. The number of hydrogen-bond donors (Lipinski definition) is 4. The maximum atomic E-state index is 13.2. The van der Waals surface area contributed by atoms with Gasteiger partial charge in [0, 0.05) is 25.1 Å². The summed E-state index contributed by atoms with van der Waals surface area (Å²) in [4.78, 5) is 21.6. The summed E-state index contributed by atoms with van der Waals surface area (Å²) >= 11 is 0. The molecule has 0 aliphatic heterocycles. The number of carbonyl (C=O) groups is 2. The number of carbonyl (C=O) groups excluding carboxylic acids is 1. The molecule has 1 rings (SSSR count). The van der Waals surface area contributed by atoms with Gasteiger partial charge in [0.15, 0.2) is 17.7 Å². The van der Waals surface area contributed by atoms with Crippen molar-refractivity contribution < 1.29 is 33.0 Å². The SMILES string of the molecule is O=C(NCC[C@H](O)C(=O)O)Nc1cc(F)cc(F)c1F. The van der Waals surface area contributed by atoms with Crippen LogP contribution in [-0.2, 0) is 4.79 Å². The fourth-order valence-electron chi connectivity index (χ4n) is 1.26. The standard InChI is InChI=1S/C11H11F3N2O4/c12-5-3-6(13)9(14)7(4-5)16-11(20)15-2-1-8(17)10(18)19/h3-4,8,17H,1-2H2,(H,18,19)(H2,15,16,20)/t8-/m0/s1. The number of carboxylic acids is 1. The number of aliphatic hydroxyl groups excluding tert-OH is 1. The number of amides is 2. The zero-order valence-electron chi connectivity index (χ0n) is 9.99. The van der Waals surface area contributed by atoms with E-state index in [-0.39, 0.29) is 13.0 Å². The van der Waals surface area contributed by atoms with Crippen LogP contribution in [0.25, 0.3) is 0 Å². The molecule has 0 bridgehead atoms. The van der Waals surface area contributed by atoms with Crippen molar-refractivity contribution in [3.8, 4) is 0 Å². The van der Waals surface area contributed by atoms with Crippen LogP contribution in [0.5, 0.6) is 0 Å². The molecule has 0 unspecified atom stereocenters. The number of urea groups is 1.